The average Bonchev–Trinajstić information content (AvgIpc) is 3.62. The zero-order valence-corrected chi connectivity index (χ0v) is 23.5. The van der Waals surface area contributed by atoms with Crippen LogP contribution in [0.5, 0.6) is 5.88 Å². The van der Waals surface area contributed by atoms with Gasteiger partial charge in [0.2, 0.25) is 5.88 Å². The van der Waals surface area contributed by atoms with Gasteiger partial charge in [0.15, 0.2) is 11.3 Å². The zero-order chi connectivity index (χ0) is 28.2. The molecule has 0 aliphatic carbocycles. The van der Waals surface area contributed by atoms with E-state index in [1.165, 1.54) is 0 Å². The van der Waals surface area contributed by atoms with Gasteiger partial charge in [-0.2, -0.15) is 0 Å². The van der Waals surface area contributed by atoms with Crippen molar-refractivity contribution in [3.8, 4) is 17.1 Å². The van der Waals surface area contributed by atoms with Gasteiger partial charge in [-0.05, 0) is 77.8 Å². The topological polar surface area (TPSA) is 81.0 Å². The molecule has 0 radical (unpaired) electrons. The monoisotopic (exact) mass is 557 g/mol. The van der Waals surface area contributed by atoms with Crippen LogP contribution in [0.3, 0.4) is 0 Å². The minimum Gasteiger partial charge on any atom is -0.471 e. The molecule has 0 amide bonds. The molecule has 2 fully saturated rings. The molecule has 10 heteroatoms. The molecule has 2 saturated heterocycles. The second kappa shape index (κ2) is 10.3. The highest BCUT2D eigenvalue weighted by Crippen LogP contribution is 2.40. The van der Waals surface area contributed by atoms with E-state index < -0.39 is 11.6 Å². The number of hydrogen-bond donors (Lipinski definition) is 1. The van der Waals surface area contributed by atoms with Crippen LogP contribution >= 0.6 is 0 Å². The van der Waals surface area contributed by atoms with Crippen molar-refractivity contribution < 1.29 is 13.5 Å². The fourth-order valence-corrected chi connectivity index (χ4v) is 6.72. The van der Waals surface area contributed by atoms with E-state index in [1.54, 1.807) is 24.3 Å². The molecule has 2 aromatic carbocycles. The van der Waals surface area contributed by atoms with Gasteiger partial charge in [-0.25, -0.2) is 18.4 Å². The summed E-state index contributed by atoms with van der Waals surface area (Å²) >= 11 is 0. The normalized spacial score (nSPS) is 19.5. The quantitative estimate of drug-likeness (QED) is 0.303. The molecule has 0 spiro atoms. The zero-order valence-electron chi connectivity index (χ0n) is 23.5. The Hall–Kier alpha value is -3.76. The first kappa shape index (κ1) is 26.2. The highest BCUT2D eigenvalue weighted by molar-refractivity contribution is 6.07. The molecule has 7 rings (SSSR count). The number of nitrogens with zero attached hydrogens (tertiary/aromatic N) is 6. The lowest BCUT2D eigenvalue weighted by atomic mass is 9.96. The Kier molecular flexibility index (Phi) is 6.54. The van der Waals surface area contributed by atoms with Crippen LogP contribution in [-0.2, 0) is 0 Å². The molecular weight excluding hydrogens is 524 g/mol. The number of rotatable bonds is 5. The number of aryl methyl sites for hydroxylation is 1. The molecule has 212 valence electrons. The van der Waals surface area contributed by atoms with Crippen molar-refractivity contribution >= 4 is 32.7 Å². The Balaban J connectivity index is 1.47. The van der Waals surface area contributed by atoms with Crippen LogP contribution in [0.4, 0.5) is 8.78 Å². The number of likely N-dealkylation sites (tertiary alicyclic amines) is 1. The van der Waals surface area contributed by atoms with E-state index in [9.17, 15) is 4.39 Å². The van der Waals surface area contributed by atoms with Crippen LogP contribution in [-0.4, -0.2) is 68.7 Å². The number of nitrogens with one attached hydrogen (secondary N) is 1. The summed E-state index contributed by atoms with van der Waals surface area (Å²) in [7, 11) is 2.10. The van der Waals surface area contributed by atoms with Gasteiger partial charge in [0, 0.05) is 27.8 Å². The number of likely N-dealkylation sites (N-methyl/N-ethyl adjacent to an activating group) is 1. The number of piperidine rings is 1. The molecule has 2 aliphatic heterocycles. The molecule has 8 nitrogen and oxygen atoms in total. The van der Waals surface area contributed by atoms with Crippen LogP contribution in [0.1, 0.15) is 44.2 Å². The van der Waals surface area contributed by atoms with Gasteiger partial charge < -0.3 is 10.1 Å². The SMILES string of the molecule is Cc1cc2c(nc(OC(C)C3CCCN3C)c3nnn(C4CCNCC4)c32)c(F)c1-c1ncc(F)c2ccccc12. The van der Waals surface area contributed by atoms with Crippen LogP contribution < -0.4 is 10.1 Å². The summed E-state index contributed by atoms with van der Waals surface area (Å²) in [5, 5.41) is 14.1. The van der Waals surface area contributed by atoms with E-state index in [2.05, 4.69) is 32.6 Å². The lowest BCUT2D eigenvalue weighted by Gasteiger charge is -2.27. The number of hydrogen-bond acceptors (Lipinski definition) is 7. The Morgan fingerprint density at radius 2 is 1.83 bits per heavy atom. The predicted octanol–water partition coefficient (Wildman–Crippen LogP) is 5.57. The molecule has 41 heavy (non-hydrogen) atoms. The maximum atomic E-state index is 16.8. The number of benzene rings is 2. The van der Waals surface area contributed by atoms with Crippen molar-refractivity contribution in [1.82, 2.24) is 35.2 Å². The van der Waals surface area contributed by atoms with Gasteiger partial charge in [0.05, 0.1) is 17.9 Å². The second-order valence-corrected chi connectivity index (χ2v) is 11.4. The first-order valence-corrected chi connectivity index (χ1v) is 14.4. The third-order valence-corrected chi connectivity index (χ3v) is 8.86. The van der Waals surface area contributed by atoms with E-state index in [1.807, 2.05) is 24.6 Å². The summed E-state index contributed by atoms with van der Waals surface area (Å²) in [6.45, 7) is 6.66. The highest BCUT2D eigenvalue weighted by atomic mass is 19.1. The molecule has 0 saturated carbocycles. The van der Waals surface area contributed by atoms with Crippen molar-refractivity contribution in [3.63, 3.8) is 0 Å². The van der Waals surface area contributed by atoms with Crippen molar-refractivity contribution in [2.75, 3.05) is 26.7 Å². The van der Waals surface area contributed by atoms with Crippen molar-refractivity contribution in [2.45, 2.75) is 57.7 Å². The first-order valence-electron chi connectivity index (χ1n) is 14.4. The fraction of sp³-hybridized carbons (Fsp3) is 0.419. The third kappa shape index (κ3) is 4.31. The molecular formula is C31H33F2N7O. The summed E-state index contributed by atoms with van der Waals surface area (Å²) in [5.74, 6) is -0.674. The lowest BCUT2D eigenvalue weighted by molar-refractivity contribution is 0.118. The summed E-state index contributed by atoms with van der Waals surface area (Å²) in [4.78, 5) is 11.4. The minimum atomic E-state index is -0.514. The van der Waals surface area contributed by atoms with Crippen molar-refractivity contribution in [2.24, 2.45) is 0 Å². The Labute approximate surface area is 236 Å². The Morgan fingerprint density at radius 3 is 2.59 bits per heavy atom. The van der Waals surface area contributed by atoms with Gasteiger partial charge in [-0.15, -0.1) is 5.10 Å². The standard InChI is InChI=1S/C31H33F2N7O/c1-17-15-22-28(26(33)25(17)27-21-8-5-4-7-20(21)23(32)16-35-27)36-31(41-18(2)24-9-6-14-39(24)3)29-30(22)40(38-37-29)19-10-12-34-13-11-19/h4-5,7-8,15-16,18-19,24,34H,6,9-14H2,1-3H3. The van der Waals surface area contributed by atoms with Gasteiger partial charge in [0.1, 0.15) is 23.0 Å². The van der Waals surface area contributed by atoms with Crippen LogP contribution in [0, 0.1) is 18.6 Å². The van der Waals surface area contributed by atoms with E-state index in [0.29, 0.717) is 38.5 Å². The van der Waals surface area contributed by atoms with E-state index in [4.69, 9.17) is 9.72 Å². The Morgan fingerprint density at radius 1 is 1.05 bits per heavy atom. The molecule has 2 unspecified atom stereocenters. The van der Waals surface area contributed by atoms with E-state index in [-0.39, 0.29) is 29.6 Å². The van der Waals surface area contributed by atoms with Gasteiger partial charge in [0.25, 0.3) is 0 Å². The summed E-state index contributed by atoms with van der Waals surface area (Å²) in [6, 6.07) is 9.31. The number of aromatic nitrogens is 5. The lowest BCUT2D eigenvalue weighted by Crippen LogP contribution is -2.38. The smallest absolute Gasteiger partial charge is 0.245 e. The van der Waals surface area contributed by atoms with Gasteiger partial charge >= 0.3 is 0 Å². The van der Waals surface area contributed by atoms with Crippen LogP contribution in [0.2, 0.25) is 0 Å². The molecule has 2 atom stereocenters. The van der Waals surface area contributed by atoms with E-state index >= 15 is 4.39 Å². The number of halogens is 2. The largest absolute Gasteiger partial charge is 0.471 e. The maximum absolute atomic E-state index is 16.8. The first-order chi connectivity index (χ1) is 19.9. The minimum absolute atomic E-state index is 0.129. The second-order valence-electron chi connectivity index (χ2n) is 11.4. The number of ether oxygens (including phenoxy) is 1. The van der Waals surface area contributed by atoms with Crippen molar-refractivity contribution in [3.05, 3.63) is 53.7 Å². The summed E-state index contributed by atoms with van der Waals surface area (Å²) < 4.78 is 39.9. The number of fused-ring (bicyclic) bond motifs is 4. The van der Waals surface area contributed by atoms with E-state index in [0.717, 1.165) is 57.0 Å². The van der Waals surface area contributed by atoms with Gasteiger partial charge in [-0.1, -0.05) is 29.5 Å². The van der Waals surface area contributed by atoms with Crippen LogP contribution in [0.25, 0.3) is 44.0 Å². The molecule has 2 aliphatic rings. The summed E-state index contributed by atoms with van der Waals surface area (Å²) in [6.07, 6.45) is 4.91. The fourth-order valence-electron chi connectivity index (χ4n) is 6.72. The highest BCUT2D eigenvalue weighted by Gasteiger charge is 2.31. The molecule has 5 aromatic rings. The predicted molar refractivity (Wildman–Crippen MR) is 155 cm³/mol. The summed E-state index contributed by atoms with van der Waals surface area (Å²) in [5.41, 5.74) is 2.81. The molecule has 0 bridgehead atoms. The van der Waals surface area contributed by atoms with Crippen LogP contribution in [0.15, 0.2) is 36.5 Å². The third-order valence-electron chi connectivity index (χ3n) is 8.86. The molecule has 1 N–H and O–H groups in total. The molecule has 5 heterocycles. The average molecular weight is 558 g/mol. The number of pyridine rings is 2. The molecule has 3 aromatic heterocycles. The van der Waals surface area contributed by atoms with Crippen molar-refractivity contribution in [1.29, 1.82) is 0 Å². The van der Waals surface area contributed by atoms with Gasteiger partial charge in [-0.3, -0.25) is 9.88 Å². The maximum Gasteiger partial charge on any atom is 0.245 e. The Bertz CT molecular complexity index is 1780.